The van der Waals surface area contributed by atoms with Crippen molar-refractivity contribution in [3.05, 3.63) is 153 Å². The Kier molecular flexibility index (Phi) is 12.0. The van der Waals surface area contributed by atoms with E-state index < -0.39 is 0 Å². The van der Waals surface area contributed by atoms with E-state index in [4.69, 9.17) is 0 Å². The normalized spacial score (nSPS) is 26.2. The zero-order chi connectivity index (χ0) is 51.2. The Morgan fingerprint density at radius 1 is 0.634 bits per heavy atom. The summed E-state index contributed by atoms with van der Waals surface area (Å²) >= 11 is 2.26. The third kappa shape index (κ3) is 8.49. The van der Waals surface area contributed by atoms with Crippen LogP contribution in [0.4, 0.5) is 17.1 Å². The number of anilines is 3. The molecule has 4 heteroatoms. The van der Waals surface area contributed by atoms with Gasteiger partial charge < -0.3 is 9.80 Å². The van der Waals surface area contributed by atoms with E-state index in [0.29, 0.717) is 5.92 Å². The molecule has 0 bridgehead atoms. The quantitative estimate of drug-likeness (QED) is 0.189. The van der Waals surface area contributed by atoms with Gasteiger partial charge in [0.15, 0.2) is 0 Å². The zero-order valence-corrected chi connectivity index (χ0v) is 48.1. The fourth-order valence-electron chi connectivity index (χ4n) is 13.9. The van der Waals surface area contributed by atoms with Gasteiger partial charge in [0.05, 0.1) is 5.69 Å². The van der Waals surface area contributed by atoms with Gasteiger partial charge in [0.2, 0.25) is 6.71 Å². The lowest BCUT2D eigenvalue weighted by molar-refractivity contribution is 0.257. The van der Waals surface area contributed by atoms with Crippen molar-refractivity contribution in [2.75, 3.05) is 15.6 Å². The minimum absolute atomic E-state index is 0.00307. The van der Waals surface area contributed by atoms with Crippen LogP contribution in [0.1, 0.15) is 179 Å². The van der Waals surface area contributed by atoms with Crippen LogP contribution < -0.4 is 15.3 Å². The Morgan fingerprint density at radius 2 is 1.24 bits per heavy atom. The molecule has 4 atom stereocenters. The van der Waals surface area contributed by atoms with E-state index in [9.17, 15) is 0 Å². The van der Waals surface area contributed by atoms with E-state index >= 15 is 0 Å². The molecule has 10 rings (SSSR count). The highest BCUT2D eigenvalue weighted by Gasteiger charge is 2.57. The van der Waals surface area contributed by atoms with Crippen LogP contribution in [0.25, 0.3) is 11.1 Å². The van der Waals surface area contributed by atoms with Crippen molar-refractivity contribution < 1.29 is 0 Å². The van der Waals surface area contributed by atoms with Crippen LogP contribution >= 0.6 is 11.8 Å². The lowest BCUT2D eigenvalue weighted by atomic mass is 9.31. The Hall–Kier alpha value is -4.15. The number of rotatable bonds is 3. The minimum atomic E-state index is -0.0169. The number of hydrogen-bond donors (Lipinski definition) is 0. The first-order valence-corrected chi connectivity index (χ1v) is 28.6. The van der Waals surface area contributed by atoms with Gasteiger partial charge in [-0.15, -0.1) is 0 Å². The number of benzene rings is 4. The Bertz CT molecular complexity index is 2880. The molecule has 4 aromatic rings. The van der Waals surface area contributed by atoms with Crippen LogP contribution in [0.15, 0.2) is 131 Å². The van der Waals surface area contributed by atoms with Crippen molar-refractivity contribution in [2.45, 2.75) is 190 Å². The van der Waals surface area contributed by atoms with Crippen molar-refractivity contribution in [1.29, 1.82) is 0 Å². The molecule has 3 heterocycles. The molecule has 0 N–H and O–H groups in total. The minimum Gasteiger partial charge on any atom is -0.338 e. The molecule has 0 amide bonds. The topological polar surface area (TPSA) is 6.48 Å². The maximum Gasteiger partial charge on any atom is 0.232 e. The van der Waals surface area contributed by atoms with Gasteiger partial charge >= 0.3 is 0 Å². The predicted molar refractivity (Wildman–Crippen MR) is 312 cm³/mol. The van der Waals surface area contributed by atoms with Crippen molar-refractivity contribution in [3.63, 3.8) is 0 Å². The second-order valence-corrected chi connectivity index (χ2v) is 29.9. The number of allylic oxidation sites excluding steroid dienone is 5. The summed E-state index contributed by atoms with van der Waals surface area (Å²) in [6.07, 6.45) is 14.1. The molecule has 0 radical (unpaired) electrons. The summed E-state index contributed by atoms with van der Waals surface area (Å²) in [6.45, 7) is 44.8. The lowest BCUT2D eigenvalue weighted by Gasteiger charge is -2.57. The van der Waals surface area contributed by atoms with Gasteiger partial charge in [0.1, 0.15) is 0 Å². The Morgan fingerprint density at radius 3 is 1.87 bits per heavy atom. The van der Waals surface area contributed by atoms with Gasteiger partial charge in [0, 0.05) is 45.3 Å². The summed E-state index contributed by atoms with van der Waals surface area (Å²) < 4.78 is 0. The SMILES string of the molecule is C[C@H]1C=C2/C(=C\CSC3B4C5=C(CC(C(C)(C)C)C=C5N(c5ccc(C(C)(C)C)cc5)C31)N(c1ccc(C(C)(C)C)cc1-c1ccccc1)c1c4ccc3c1C(C)(C)CCC3(C)C)C(C)(C)CCC2(C)C. The third-order valence-corrected chi connectivity index (χ3v) is 20.0. The highest BCUT2D eigenvalue weighted by molar-refractivity contribution is 8.01. The van der Waals surface area contributed by atoms with Crippen LogP contribution in [0.3, 0.4) is 0 Å². The number of hydrogen-bond acceptors (Lipinski definition) is 3. The number of fused-ring (bicyclic) bond motifs is 7. The Balaban J connectivity index is 1.35. The van der Waals surface area contributed by atoms with E-state index in [-0.39, 0.29) is 61.7 Å². The smallest absolute Gasteiger partial charge is 0.232 e. The van der Waals surface area contributed by atoms with Gasteiger partial charge in [-0.2, -0.15) is 11.8 Å². The predicted octanol–water partition coefficient (Wildman–Crippen LogP) is 17.8. The first kappa shape index (κ1) is 50.4. The summed E-state index contributed by atoms with van der Waals surface area (Å²) in [5.41, 5.74) is 22.2. The van der Waals surface area contributed by atoms with Gasteiger partial charge in [-0.05, 0) is 156 Å². The summed E-state index contributed by atoms with van der Waals surface area (Å²) in [7, 11) is 0. The molecular weight excluding hydrogens is 876 g/mol. The average molecular weight is 963 g/mol. The molecule has 3 aliphatic heterocycles. The summed E-state index contributed by atoms with van der Waals surface area (Å²) in [6, 6.07) is 34.2. The monoisotopic (exact) mass is 963 g/mol. The lowest BCUT2D eigenvalue weighted by Crippen LogP contribution is -2.65. The van der Waals surface area contributed by atoms with Crippen molar-refractivity contribution in [1.82, 2.24) is 0 Å². The molecule has 6 aliphatic rings. The van der Waals surface area contributed by atoms with Gasteiger partial charge in [0.25, 0.3) is 0 Å². The highest BCUT2D eigenvalue weighted by Crippen LogP contribution is 2.60. The Labute approximate surface area is 436 Å². The van der Waals surface area contributed by atoms with E-state index in [2.05, 4.69) is 249 Å². The first-order chi connectivity index (χ1) is 33.0. The second kappa shape index (κ2) is 16.9. The van der Waals surface area contributed by atoms with Gasteiger partial charge in [-0.25, -0.2) is 0 Å². The van der Waals surface area contributed by atoms with Crippen LogP contribution in [0.5, 0.6) is 0 Å². The standard InChI is InChI=1S/C67H87BN2S/c1-42-38-51-49(64(11,12)33-34-66(51,15)16)32-37-71-60-58(42)69(47-27-24-44(25-28-47)61(2,3)4)54-40-46(63(8,9)10)41-55-57(54)68(60)52-30-29-50-56(67(17,18)36-35-65(50,13)14)59(52)70(55)53-31-26-45(62(5,6)7)39-48(53)43-22-20-19-21-23-43/h19-32,38-40,42,46,58,60H,33-37,41H2,1-18H3/b49-32+,51-38?/t42-,46?,58?,60?/m0/s1. The van der Waals surface area contributed by atoms with E-state index in [1.807, 2.05) is 0 Å². The molecule has 71 heavy (non-hydrogen) atoms. The second-order valence-electron chi connectivity index (χ2n) is 28.7. The van der Waals surface area contributed by atoms with Gasteiger partial charge in [-0.3, -0.25) is 0 Å². The van der Waals surface area contributed by atoms with E-state index in [1.54, 1.807) is 27.7 Å². The molecule has 374 valence electrons. The molecule has 1 saturated heterocycles. The zero-order valence-electron chi connectivity index (χ0n) is 47.2. The molecule has 2 nitrogen and oxygen atoms in total. The summed E-state index contributed by atoms with van der Waals surface area (Å²) in [5, 5.41) is 0.288. The third-order valence-electron chi connectivity index (χ3n) is 18.7. The average Bonchev–Trinajstić information content (AvgIpc) is 3.36. The van der Waals surface area contributed by atoms with Crippen LogP contribution in [0.2, 0.25) is 0 Å². The van der Waals surface area contributed by atoms with Crippen molar-refractivity contribution in [3.8, 4) is 11.1 Å². The molecule has 0 spiro atoms. The number of thioether (sulfide) groups is 1. The van der Waals surface area contributed by atoms with Crippen LogP contribution in [-0.4, -0.2) is 23.7 Å². The van der Waals surface area contributed by atoms with E-state index in [0.717, 1.165) is 12.2 Å². The molecule has 1 saturated carbocycles. The van der Waals surface area contributed by atoms with Crippen LogP contribution in [0, 0.1) is 28.1 Å². The highest BCUT2D eigenvalue weighted by atomic mass is 32.2. The summed E-state index contributed by atoms with van der Waals surface area (Å²) in [4.78, 5) is 5.81. The largest absolute Gasteiger partial charge is 0.338 e. The summed E-state index contributed by atoms with van der Waals surface area (Å²) in [5.74, 6) is 1.61. The van der Waals surface area contributed by atoms with Crippen molar-refractivity contribution >= 4 is 41.0 Å². The fourth-order valence-corrected chi connectivity index (χ4v) is 15.4. The fraction of sp³-hybridized carbons (Fsp3) is 0.522. The molecule has 4 aromatic carbocycles. The maximum atomic E-state index is 2.91. The van der Waals surface area contributed by atoms with Crippen LogP contribution in [-0.2, 0) is 21.7 Å². The van der Waals surface area contributed by atoms with Gasteiger partial charge in [-0.1, -0.05) is 204 Å². The molecule has 2 fully saturated rings. The maximum absolute atomic E-state index is 2.91. The van der Waals surface area contributed by atoms with E-state index in [1.165, 1.54) is 81.9 Å². The van der Waals surface area contributed by atoms with Crippen molar-refractivity contribution in [2.24, 2.45) is 28.1 Å². The molecular formula is C67H87BN2S. The number of nitrogens with zero attached hydrogens (tertiary/aromatic N) is 2. The molecule has 0 aromatic heterocycles. The molecule has 3 unspecified atom stereocenters. The molecule has 3 aliphatic carbocycles. The first-order valence-electron chi connectivity index (χ1n) is 27.6.